The highest BCUT2D eigenvalue weighted by Gasteiger charge is 2.24. The van der Waals surface area contributed by atoms with Crippen LogP contribution in [-0.2, 0) is 9.53 Å². The quantitative estimate of drug-likeness (QED) is 0.547. The van der Waals surface area contributed by atoms with Crippen molar-refractivity contribution < 1.29 is 9.53 Å². The van der Waals surface area contributed by atoms with Crippen molar-refractivity contribution in [2.45, 2.75) is 18.9 Å². The molecule has 7 heteroatoms. The molecule has 0 spiro atoms. The third-order valence-corrected chi connectivity index (χ3v) is 6.27. The van der Waals surface area contributed by atoms with E-state index >= 15 is 0 Å². The van der Waals surface area contributed by atoms with E-state index < -0.39 is 0 Å². The number of carbonyl (C=O) groups is 1. The summed E-state index contributed by atoms with van der Waals surface area (Å²) in [5.74, 6) is 0.0383. The predicted molar refractivity (Wildman–Crippen MR) is 128 cm³/mol. The molecule has 5 rings (SSSR count). The molecule has 0 N–H and O–H groups in total. The number of amides is 1. The van der Waals surface area contributed by atoms with E-state index in [0.717, 1.165) is 74.7 Å². The minimum atomic E-state index is 0.0383. The van der Waals surface area contributed by atoms with Crippen molar-refractivity contribution in [1.29, 1.82) is 0 Å². The molecule has 2 saturated heterocycles. The van der Waals surface area contributed by atoms with Crippen LogP contribution in [0.1, 0.15) is 18.4 Å². The number of para-hydroxylation sites is 1. The summed E-state index contributed by atoms with van der Waals surface area (Å²) in [6.07, 6.45) is 11.7. The van der Waals surface area contributed by atoms with Crippen LogP contribution in [0.2, 0.25) is 0 Å². The topological polar surface area (TPSA) is 63.5 Å². The zero-order valence-electron chi connectivity index (χ0n) is 18.7. The van der Waals surface area contributed by atoms with E-state index in [1.165, 1.54) is 0 Å². The Balaban J connectivity index is 1.28. The molecule has 0 saturated carbocycles. The number of rotatable bonds is 6. The second kappa shape index (κ2) is 10.1. The van der Waals surface area contributed by atoms with Crippen LogP contribution in [0.4, 0.5) is 0 Å². The molecule has 170 valence electrons. The Hall–Kier alpha value is -3.29. The van der Waals surface area contributed by atoms with E-state index in [0.29, 0.717) is 6.10 Å². The third-order valence-electron chi connectivity index (χ3n) is 6.27. The summed E-state index contributed by atoms with van der Waals surface area (Å²) in [4.78, 5) is 21.5. The van der Waals surface area contributed by atoms with Crippen molar-refractivity contribution in [2.24, 2.45) is 0 Å². The van der Waals surface area contributed by atoms with Crippen LogP contribution in [0.15, 0.2) is 67.1 Å². The zero-order valence-corrected chi connectivity index (χ0v) is 18.7. The zero-order chi connectivity index (χ0) is 22.5. The molecule has 7 nitrogen and oxygen atoms in total. The van der Waals surface area contributed by atoms with E-state index in [2.05, 4.69) is 9.88 Å². The maximum absolute atomic E-state index is 12.9. The van der Waals surface area contributed by atoms with Crippen molar-refractivity contribution in [3.63, 3.8) is 0 Å². The fourth-order valence-corrected chi connectivity index (χ4v) is 4.44. The normalized spacial score (nSPS) is 19.4. The van der Waals surface area contributed by atoms with Crippen molar-refractivity contribution in [2.75, 3.05) is 39.3 Å². The van der Waals surface area contributed by atoms with Gasteiger partial charge in [-0.25, -0.2) is 4.68 Å². The van der Waals surface area contributed by atoms with E-state index in [1.807, 2.05) is 64.3 Å². The van der Waals surface area contributed by atoms with Crippen LogP contribution in [0.25, 0.3) is 23.0 Å². The van der Waals surface area contributed by atoms with E-state index in [1.54, 1.807) is 18.5 Å². The highest BCUT2D eigenvalue weighted by atomic mass is 16.5. The molecule has 1 amide bonds. The number of hydrogen-bond donors (Lipinski definition) is 0. The number of nitrogens with zero attached hydrogens (tertiary/aromatic N) is 5. The molecule has 0 aliphatic carbocycles. The first-order valence-electron chi connectivity index (χ1n) is 11.6. The van der Waals surface area contributed by atoms with Gasteiger partial charge in [-0.2, -0.15) is 5.10 Å². The molecule has 0 bridgehead atoms. The Morgan fingerprint density at radius 1 is 1.09 bits per heavy atom. The van der Waals surface area contributed by atoms with Gasteiger partial charge in [0.25, 0.3) is 0 Å². The second-order valence-corrected chi connectivity index (χ2v) is 8.55. The third kappa shape index (κ3) is 5.21. The summed E-state index contributed by atoms with van der Waals surface area (Å²) in [6.45, 7) is 5.14. The van der Waals surface area contributed by atoms with Crippen molar-refractivity contribution in [3.05, 3.63) is 72.7 Å². The predicted octanol–water partition coefficient (Wildman–Crippen LogP) is 3.27. The number of hydrogen-bond acceptors (Lipinski definition) is 5. The Kier molecular flexibility index (Phi) is 6.60. The second-order valence-electron chi connectivity index (χ2n) is 8.55. The van der Waals surface area contributed by atoms with Gasteiger partial charge >= 0.3 is 0 Å². The van der Waals surface area contributed by atoms with Crippen LogP contribution < -0.4 is 0 Å². The van der Waals surface area contributed by atoms with E-state index in [9.17, 15) is 4.79 Å². The smallest absolute Gasteiger partial charge is 0.246 e. The van der Waals surface area contributed by atoms with Gasteiger partial charge in [-0.05, 0) is 43.2 Å². The number of benzene rings is 1. The fourth-order valence-electron chi connectivity index (χ4n) is 4.44. The van der Waals surface area contributed by atoms with Gasteiger partial charge in [0.1, 0.15) is 5.69 Å². The summed E-state index contributed by atoms with van der Waals surface area (Å²) >= 11 is 0. The van der Waals surface area contributed by atoms with Gasteiger partial charge in [-0.1, -0.05) is 18.2 Å². The van der Waals surface area contributed by atoms with E-state index in [-0.39, 0.29) is 5.91 Å². The van der Waals surface area contributed by atoms with Gasteiger partial charge in [0.2, 0.25) is 5.91 Å². The van der Waals surface area contributed by atoms with Gasteiger partial charge in [0.15, 0.2) is 0 Å². The van der Waals surface area contributed by atoms with Gasteiger partial charge in [-0.15, -0.1) is 0 Å². The fraction of sp³-hybridized carbons (Fsp3) is 0.346. The average Bonchev–Trinajstić information content (AvgIpc) is 3.54. The first kappa shape index (κ1) is 21.6. The Morgan fingerprint density at radius 3 is 2.67 bits per heavy atom. The van der Waals surface area contributed by atoms with Crippen LogP contribution >= 0.6 is 0 Å². The Labute approximate surface area is 194 Å². The highest BCUT2D eigenvalue weighted by molar-refractivity contribution is 5.93. The molecule has 33 heavy (non-hydrogen) atoms. The summed E-state index contributed by atoms with van der Waals surface area (Å²) in [7, 11) is 0. The highest BCUT2D eigenvalue weighted by Crippen LogP contribution is 2.24. The van der Waals surface area contributed by atoms with Crippen LogP contribution in [0, 0.1) is 0 Å². The SMILES string of the molecule is O=C(/C=C/c1cn(-c2ccccc2)nc1-c1cccnc1)N1CCN(CC2CCCO2)CC1. The Bertz CT molecular complexity index is 1080. The van der Waals surface area contributed by atoms with Gasteiger partial charge in [0, 0.05) is 75.1 Å². The van der Waals surface area contributed by atoms with E-state index in [4.69, 9.17) is 9.84 Å². The molecule has 2 aliphatic rings. The number of carbonyl (C=O) groups excluding carboxylic acids is 1. The summed E-state index contributed by atoms with van der Waals surface area (Å²) in [5, 5.41) is 4.78. The molecule has 2 aliphatic heterocycles. The van der Waals surface area contributed by atoms with Gasteiger partial charge in [0.05, 0.1) is 11.8 Å². The molecular formula is C26H29N5O2. The lowest BCUT2D eigenvalue weighted by Crippen LogP contribution is -2.50. The maximum atomic E-state index is 12.9. The van der Waals surface area contributed by atoms with Crippen LogP contribution in [-0.4, -0.2) is 75.9 Å². The number of ether oxygens (including phenoxy) is 1. The molecule has 2 fully saturated rings. The van der Waals surface area contributed by atoms with Crippen molar-refractivity contribution in [1.82, 2.24) is 24.6 Å². The maximum Gasteiger partial charge on any atom is 0.246 e. The monoisotopic (exact) mass is 443 g/mol. The first-order chi connectivity index (χ1) is 16.3. The van der Waals surface area contributed by atoms with Crippen molar-refractivity contribution >= 4 is 12.0 Å². The molecule has 3 aromatic rings. The minimum absolute atomic E-state index is 0.0383. The van der Waals surface area contributed by atoms with Crippen molar-refractivity contribution in [3.8, 4) is 16.9 Å². The largest absolute Gasteiger partial charge is 0.377 e. The molecule has 1 unspecified atom stereocenters. The molecule has 1 atom stereocenters. The van der Waals surface area contributed by atoms with Gasteiger partial charge in [-0.3, -0.25) is 14.7 Å². The average molecular weight is 444 g/mol. The van der Waals surface area contributed by atoms with Crippen LogP contribution in [0.5, 0.6) is 0 Å². The minimum Gasteiger partial charge on any atom is -0.377 e. The molecular weight excluding hydrogens is 414 g/mol. The molecule has 4 heterocycles. The summed E-state index contributed by atoms with van der Waals surface area (Å²) in [5.41, 5.74) is 3.58. The lowest BCUT2D eigenvalue weighted by molar-refractivity contribution is -0.127. The van der Waals surface area contributed by atoms with Gasteiger partial charge < -0.3 is 9.64 Å². The number of piperazine rings is 1. The summed E-state index contributed by atoms with van der Waals surface area (Å²) in [6, 6.07) is 13.8. The standard InChI is InChI=1S/C26H29N5O2/c32-25(30-15-13-29(14-16-30)20-24-9-5-17-33-24)11-10-22-19-31(23-7-2-1-3-8-23)28-26(22)21-6-4-12-27-18-21/h1-4,6-8,10-12,18-19,24H,5,9,13-17,20H2/b11-10+. The first-order valence-corrected chi connectivity index (χ1v) is 11.6. The number of pyridine rings is 1. The lowest BCUT2D eigenvalue weighted by atomic mass is 10.1. The molecule has 1 aromatic carbocycles. The lowest BCUT2D eigenvalue weighted by Gasteiger charge is -2.35. The number of aromatic nitrogens is 3. The molecule has 0 radical (unpaired) electrons. The summed E-state index contributed by atoms with van der Waals surface area (Å²) < 4.78 is 7.60. The Morgan fingerprint density at radius 2 is 1.94 bits per heavy atom. The molecule has 2 aromatic heterocycles. The van der Waals surface area contributed by atoms with Crippen LogP contribution in [0.3, 0.4) is 0 Å².